The number of allylic oxidation sites excluding steroid dienone is 3. The lowest BCUT2D eigenvalue weighted by atomic mass is 10.0. The number of carbonyl (C=O) groups is 1. The molecule has 7 nitrogen and oxygen atoms in total. The molecule has 0 saturated carbocycles. The normalized spacial score (nSPS) is 14.8. The highest BCUT2D eigenvalue weighted by Gasteiger charge is 2.31. The molecule has 11 heteroatoms. The Balaban J connectivity index is 1.96. The molecule has 3 rings (SSSR count). The topological polar surface area (TPSA) is 120 Å². The number of rotatable bonds is 5. The summed E-state index contributed by atoms with van der Waals surface area (Å²) in [5.74, 6) is -1.23. The average Bonchev–Trinajstić information content (AvgIpc) is 3.19. The molecule has 1 aromatic heterocycles. The Labute approximate surface area is 181 Å². The molecule has 0 atom stereocenters. The lowest BCUT2D eigenvalue weighted by Crippen LogP contribution is -2.40. The smallest absolute Gasteiger partial charge is 0.401 e. The number of hydrogen-bond donors (Lipinski definition) is 3. The van der Waals surface area contributed by atoms with Crippen LogP contribution in [0.1, 0.15) is 35.3 Å². The fourth-order valence-corrected chi connectivity index (χ4v) is 3.34. The molecule has 0 unspecified atom stereocenters. The van der Waals surface area contributed by atoms with Crippen molar-refractivity contribution >= 4 is 22.6 Å². The second kappa shape index (κ2) is 8.65. The van der Waals surface area contributed by atoms with Crippen molar-refractivity contribution in [2.45, 2.75) is 39.3 Å². The zero-order valence-corrected chi connectivity index (χ0v) is 17.5. The van der Waals surface area contributed by atoms with Crippen molar-refractivity contribution in [2.75, 3.05) is 12.3 Å². The Morgan fingerprint density at radius 3 is 2.50 bits per heavy atom. The van der Waals surface area contributed by atoms with Gasteiger partial charge < -0.3 is 26.8 Å². The van der Waals surface area contributed by atoms with Crippen LogP contribution in [0.25, 0.3) is 10.9 Å². The third kappa shape index (κ3) is 4.62. The average molecular weight is 453 g/mol. The molecule has 2 heterocycles. The van der Waals surface area contributed by atoms with E-state index in [0.29, 0.717) is 22.5 Å². The van der Waals surface area contributed by atoms with E-state index in [4.69, 9.17) is 21.9 Å². The molecule has 172 valence electrons. The summed E-state index contributed by atoms with van der Waals surface area (Å²) < 4.78 is 57.9. The molecule has 1 aliphatic rings. The summed E-state index contributed by atoms with van der Waals surface area (Å²) in [6.45, 7) is 3.67. The molecular weight excluding hydrogens is 430 g/mol. The molecule has 0 fully saturated rings. The second-order valence-electron chi connectivity index (χ2n) is 7.68. The highest BCUT2D eigenvalue weighted by molar-refractivity contribution is 5.99. The van der Waals surface area contributed by atoms with Gasteiger partial charge in [-0.2, -0.15) is 13.2 Å². The Morgan fingerprint density at radius 1 is 1.22 bits per heavy atom. The Morgan fingerprint density at radius 2 is 1.88 bits per heavy atom. The largest absolute Gasteiger partial charge is 0.430 e. The molecule has 0 radical (unpaired) electrons. The van der Waals surface area contributed by atoms with Crippen LogP contribution in [0.3, 0.4) is 0 Å². The first-order valence-electron chi connectivity index (χ1n) is 9.68. The molecule has 32 heavy (non-hydrogen) atoms. The number of carbonyl (C=O) groups excluding carboxylic acids is 1. The molecule has 1 amide bonds. The molecule has 0 spiro atoms. The predicted octanol–water partition coefficient (Wildman–Crippen LogP) is 3.08. The molecule has 1 aromatic carbocycles. The third-order valence-electron chi connectivity index (χ3n) is 5.09. The van der Waals surface area contributed by atoms with Gasteiger partial charge >= 0.3 is 6.18 Å². The number of halogens is 4. The lowest BCUT2D eigenvalue weighted by Gasteiger charge is -2.27. The number of hydrogen-bond acceptors (Lipinski definition) is 6. The highest BCUT2D eigenvalue weighted by Crippen LogP contribution is 2.32. The minimum absolute atomic E-state index is 0.0517. The molecular formula is C21H23F4N5O2. The lowest BCUT2D eigenvalue weighted by molar-refractivity contribution is -0.0926. The number of benzene rings is 1. The van der Waals surface area contributed by atoms with Crippen molar-refractivity contribution in [3.8, 4) is 0 Å². The number of nitrogens with two attached hydrogens (primary N) is 3. The van der Waals surface area contributed by atoms with E-state index in [1.807, 2.05) is 0 Å². The van der Waals surface area contributed by atoms with Crippen molar-refractivity contribution in [1.82, 2.24) is 9.88 Å². The van der Waals surface area contributed by atoms with Gasteiger partial charge in [0, 0.05) is 28.8 Å². The van der Waals surface area contributed by atoms with Crippen LogP contribution in [-0.4, -0.2) is 34.6 Å². The van der Waals surface area contributed by atoms with Crippen LogP contribution >= 0.6 is 0 Å². The fraction of sp³-hybridized carbons (Fsp3) is 0.333. The monoisotopic (exact) mass is 453 g/mol. The van der Waals surface area contributed by atoms with Gasteiger partial charge in [-0.3, -0.25) is 4.79 Å². The number of pyridine rings is 1. The number of nitrogen functional groups attached to an aromatic ring is 1. The van der Waals surface area contributed by atoms with Crippen LogP contribution in [0.5, 0.6) is 0 Å². The predicted molar refractivity (Wildman–Crippen MR) is 111 cm³/mol. The summed E-state index contributed by atoms with van der Waals surface area (Å²) in [6, 6.07) is 2.10. The number of ether oxygens (including phenoxy) is 1. The number of alkyl halides is 3. The molecule has 0 saturated heterocycles. The van der Waals surface area contributed by atoms with Crippen molar-refractivity contribution < 1.29 is 27.1 Å². The summed E-state index contributed by atoms with van der Waals surface area (Å²) in [4.78, 5) is 18.6. The van der Waals surface area contributed by atoms with Gasteiger partial charge in [0.1, 0.15) is 17.3 Å². The van der Waals surface area contributed by atoms with Gasteiger partial charge in [0.2, 0.25) is 0 Å². The Bertz CT molecular complexity index is 1130. The number of fused-ring (bicyclic) bond motifs is 3. The highest BCUT2D eigenvalue weighted by atomic mass is 19.4. The van der Waals surface area contributed by atoms with Crippen molar-refractivity contribution in [3.05, 3.63) is 58.2 Å². The maximum atomic E-state index is 14.8. The zero-order chi connectivity index (χ0) is 23.8. The van der Waals surface area contributed by atoms with Gasteiger partial charge in [-0.25, -0.2) is 9.37 Å². The van der Waals surface area contributed by atoms with E-state index in [1.165, 1.54) is 11.0 Å². The number of anilines is 1. The summed E-state index contributed by atoms with van der Waals surface area (Å²) >= 11 is 0. The molecule has 0 bridgehead atoms. The minimum atomic E-state index is -4.69. The van der Waals surface area contributed by atoms with Gasteiger partial charge in [-0.05, 0) is 37.6 Å². The molecule has 0 aliphatic carbocycles. The first kappa shape index (κ1) is 23.3. The van der Waals surface area contributed by atoms with Gasteiger partial charge in [-0.15, -0.1) is 0 Å². The van der Waals surface area contributed by atoms with E-state index >= 15 is 0 Å². The van der Waals surface area contributed by atoms with Crippen LogP contribution in [0, 0.1) is 5.82 Å². The summed E-state index contributed by atoms with van der Waals surface area (Å²) in [6.07, 6.45) is -3.10. The Kier molecular flexibility index (Phi) is 6.31. The van der Waals surface area contributed by atoms with Gasteiger partial charge in [0.15, 0.2) is 0 Å². The quantitative estimate of drug-likeness (QED) is 0.473. The van der Waals surface area contributed by atoms with Gasteiger partial charge in [-0.1, -0.05) is 0 Å². The standard InChI is InChI=1S/C21H23F4N5O2/c1-10(2)30(7-11(26)3-4-18(27)21(23,24)25)20(31)13-5-12-14-8-32-9-15(14)19(28)29-17(12)6-16(13)22/h3-6,10H,7-9,26-27H2,1-2H3,(H2,28,29)/b11-3-,18-4-. The number of nitrogens with zero attached hydrogens (tertiary/aromatic N) is 2. The third-order valence-corrected chi connectivity index (χ3v) is 5.09. The van der Waals surface area contributed by atoms with Crippen LogP contribution < -0.4 is 17.2 Å². The minimum Gasteiger partial charge on any atom is -0.401 e. The fourth-order valence-electron chi connectivity index (χ4n) is 3.34. The van der Waals surface area contributed by atoms with E-state index < -0.39 is 29.6 Å². The maximum absolute atomic E-state index is 14.8. The first-order chi connectivity index (χ1) is 14.9. The molecule has 2 aromatic rings. The van der Waals surface area contributed by atoms with Crippen molar-refractivity contribution in [3.63, 3.8) is 0 Å². The van der Waals surface area contributed by atoms with E-state index in [1.54, 1.807) is 13.8 Å². The summed E-state index contributed by atoms with van der Waals surface area (Å²) in [7, 11) is 0. The van der Waals surface area contributed by atoms with Gasteiger partial charge in [0.05, 0.1) is 30.8 Å². The van der Waals surface area contributed by atoms with Crippen LogP contribution in [0.15, 0.2) is 35.7 Å². The second-order valence-corrected chi connectivity index (χ2v) is 7.68. The SMILES string of the molecule is CC(C)N(C/C(N)=C/C=C(\N)C(F)(F)F)C(=O)c1cc2c3c(c(N)nc2cc1F)COC3. The van der Waals surface area contributed by atoms with Crippen LogP contribution in [0.4, 0.5) is 23.4 Å². The van der Waals surface area contributed by atoms with Gasteiger partial charge in [0.25, 0.3) is 5.91 Å². The van der Waals surface area contributed by atoms with Crippen molar-refractivity contribution in [2.24, 2.45) is 11.5 Å². The Hall–Kier alpha value is -3.34. The van der Waals surface area contributed by atoms with E-state index in [9.17, 15) is 22.4 Å². The molecule has 1 aliphatic heterocycles. The van der Waals surface area contributed by atoms with Crippen LogP contribution in [-0.2, 0) is 18.0 Å². The number of aromatic nitrogens is 1. The van der Waals surface area contributed by atoms with E-state index in [-0.39, 0.29) is 36.8 Å². The van der Waals surface area contributed by atoms with Crippen LogP contribution in [0.2, 0.25) is 0 Å². The van der Waals surface area contributed by atoms with E-state index in [0.717, 1.165) is 17.7 Å². The van der Waals surface area contributed by atoms with E-state index in [2.05, 4.69) is 4.98 Å². The molecule has 6 N–H and O–H groups in total. The maximum Gasteiger partial charge on any atom is 0.430 e. The number of amides is 1. The first-order valence-corrected chi connectivity index (χ1v) is 9.68. The summed E-state index contributed by atoms with van der Waals surface area (Å²) in [5.41, 5.74) is 16.8. The van der Waals surface area contributed by atoms with Crippen molar-refractivity contribution in [1.29, 1.82) is 0 Å². The summed E-state index contributed by atoms with van der Waals surface area (Å²) in [5, 5.41) is 0.546. The zero-order valence-electron chi connectivity index (χ0n) is 17.5.